The second kappa shape index (κ2) is 7.82. The molecule has 1 N–H and O–H groups in total. The Morgan fingerprint density at radius 1 is 1.24 bits per heavy atom. The van der Waals surface area contributed by atoms with Gasteiger partial charge in [-0.15, -0.1) is 0 Å². The van der Waals surface area contributed by atoms with Crippen molar-refractivity contribution in [2.24, 2.45) is 0 Å². The number of rotatable bonds is 3. The molecule has 0 aliphatic carbocycles. The van der Waals surface area contributed by atoms with Crippen molar-refractivity contribution in [2.45, 2.75) is 13.3 Å². The lowest BCUT2D eigenvalue weighted by molar-refractivity contribution is 0.0637. The van der Waals surface area contributed by atoms with Crippen molar-refractivity contribution in [3.8, 4) is 11.8 Å². The normalized spacial score (nSPS) is 15.4. The first-order valence-electron chi connectivity index (χ1n) is 7.46. The van der Waals surface area contributed by atoms with Crippen molar-refractivity contribution in [3.05, 3.63) is 35.4 Å². The van der Waals surface area contributed by atoms with Gasteiger partial charge in [0.25, 0.3) is 5.91 Å². The van der Waals surface area contributed by atoms with Crippen LogP contribution in [0.2, 0.25) is 0 Å². The number of piperazine rings is 1. The molecule has 4 heteroatoms. The van der Waals surface area contributed by atoms with E-state index in [2.05, 4.69) is 23.7 Å². The summed E-state index contributed by atoms with van der Waals surface area (Å²) in [5, 5.41) is 8.81. The molecule has 0 atom stereocenters. The molecule has 0 radical (unpaired) electrons. The molecule has 21 heavy (non-hydrogen) atoms. The first kappa shape index (κ1) is 15.6. The van der Waals surface area contributed by atoms with Crippen LogP contribution in [0.5, 0.6) is 0 Å². The molecule has 1 amide bonds. The van der Waals surface area contributed by atoms with E-state index in [4.69, 9.17) is 5.11 Å². The smallest absolute Gasteiger partial charge is 0.255 e. The largest absolute Gasteiger partial charge is 0.384 e. The molecule has 1 aliphatic heterocycles. The van der Waals surface area contributed by atoms with E-state index in [1.54, 1.807) is 0 Å². The lowest BCUT2D eigenvalue weighted by Crippen LogP contribution is -2.48. The number of hydrogen-bond donors (Lipinski definition) is 1. The van der Waals surface area contributed by atoms with Gasteiger partial charge in [-0.25, -0.2) is 0 Å². The van der Waals surface area contributed by atoms with Gasteiger partial charge in [-0.1, -0.05) is 30.9 Å². The van der Waals surface area contributed by atoms with Crippen LogP contribution in [0.3, 0.4) is 0 Å². The Balaban J connectivity index is 2.07. The molecule has 4 nitrogen and oxygen atoms in total. The van der Waals surface area contributed by atoms with Crippen LogP contribution in [0.15, 0.2) is 24.3 Å². The second-order valence-electron chi connectivity index (χ2n) is 5.14. The third-order valence-corrected chi connectivity index (χ3v) is 3.66. The minimum absolute atomic E-state index is 0.0361. The lowest BCUT2D eigenvalue weighted by Gasteiger charge is -2.34. The van der Waals surface area contributed by atoms with Crippen molar-refractivity contribution in [1.82, 2.24) is 9.80 Å². The van der Waals surface area contributed by atoms with Gasteiger partial charge >= 0.3 is 0 Å². The Morgan fingerprint density at radius 2 is 1.95 bits per heavy atom. The SMILES string of the molecule is CCCN1CCN(C(=O)c2ccccc2C#CCO)CC1. The topological polar surface area (TPSA) is 43.8 Å². The van der Waals surface area contributed by atoms with Crippen molar-refractivity contribution >= 4 is 5.91 Å². The predicted octanol–water partition coefficient (Wildman–Crippen LogP) is 1.20. The zero-order chi connectivity index (χ0) is 15.1. The van der Waals surface area contributed by atoms with Gasteiger partial charge in [0, 0.05) is 31.7 Å². The Hall–Kier alpha value is -1.83. The number of amides is 1. The zero-order valence-corrected chi connectivity index (χ0v) is 12.5. The molecule has 1 aromatic rings. The minimum Gasteiger partial charge on any atom is -0.384 e. The first-order valence-corrected chi connectivity index (χ1v) is 7.46. The van der Waals surface area contributed by atoms with Crippen LogP contribution in [0.4, 0.5) is 0 Å². The van der Waals surface area contributed by atoms with Gasteiger partial charge < -0.3 is 10.0 Å². The number of hydrogen-bond acceptors (Lipinski definition) is 3. The fraction of sp³-hybridized carbons (Fsp3) is 0.471. The van der Waals surface area contributed by atoms with Gasteiger partial charge in [0.15, 0.2) is 0 Å². The molecule has 112 valence electrons. The van der Waals surface area contributed by atoms with E-state index in [9.17, 15) is 4.79 Å². The van der Waals surface area contributed by atoms with Gasteiger partial charge in [0.2, 0.25) is 0 Å². The Kier molecular flexibility index (Phi) is 5.79. The summed E-state index contributed by atoms with van der Waals surface area (Å²) < 4.78 is 0. The van der Waals surface area contributed by atoms with Gasteiger partial charge in [0.05, 0.1) is 5.56 Å². The van der Waals surface area contributed by atoms with E-state index in [1.807, 2.05) is 29.2 Å². The number of carbonyl (C=O) groups excluding carboxylic acids is 1. The molecule has 0 spiro atoms. The summed E-state index contributed by atoms with van der Waals surface area (Å²) in [6.07, 6.45) is 1.15. The molecule has 0 aromatic heterocycles. The maximum atomic E-state index is 12.6. The highest BCUT2D eigenvalue weighted by Gasteiger charge is 2.22. The molecule has 0 unspecified atom stereocenters. The number of carbonyl (C=O) groups is 1. The lowest BCUT2D eigenvalue weighted by atomic mass is 10.1. The summed E-state index contributed by atoms with van der Waals surface area (Å²) in [4.78, 5) is 16.9. The standard InChI is InChI=1S/C17H22N2O2/c1-2-9-18-10-12-19(13-11-18)17(21)16-8-4-3-6-15(16)7-5-14-20/h3-4,6,8,20H,2,9-14H2,1H3. The van der Waals surface area contributed by atoms with Crippen LogP contribution < -0.4 is 0 Å². The van der Waals surface area contributed by atoms with Crippen LogP contribution >= 0.6 is 0 Å². The van der Waals surface area contributed by atoms with Crippen molar-refractivity contribution < 1.29 is 9.90 Å². The monoisotopic (exact) mass is 286 g/mol. The first-order chi connectivity index (χ1) is 10.3. The summed E-state index contributed by atoms with van der Waals surface area (Å²) in [6.45, 7) is 6.47. The molecule has 1 saturated heterocycles. The molecule has 1 heterocycles. The minimum atomic E-state index is -0.196. The summed E-state index contributed by atoms with van der Waals surface area (Å²) >= 11 is 0. The molecule has 1 aliphatic rings. The van der Waals surface area contributed by atoms with Gasteiger partial charge in [-0.05, 0) is 25.1 Å². The molecule has 1 fully saturated rings. The predicted molar refractivity (Wildman–Crippen MR) is 83.0 cm³/mol. The maximum absolute atomic E-state index is 12.6. The van der Waals surface area contributed by atoms with E-state index in [0.717, 1.165) is 39.1 Å². The molecular formula is C17H22N2O2. The number of aliphatic hydroxyl groups excluding tert-OH is 1. The number of benzene rings is 1. The van der Waals surface area contributed by atoms with Crippen molar-refractivity contribution in [1.29, 1.82) is 0 Å². The highest BCUT2D eigenvalue weighted by molar-refractivity contribution is 5.96. The third-order valence-electron chi connectivity index (χ3n) is 3.66. The summed E-state index contributed by atoms with van der Waals surface area (Å²) in [5.41, 5.74) is 1.31. The van der Waals surface area contributed by atoms with Crippen LogP contribution in [0.25, 0.3) is 0 Å². The van der Waals surface area contributed by atoms with E-state index >= 15 is 0 Å². The summed E-state index contributed by atoms with van der Waals surface area (Å²) in [5.74, 6) is 5.50. The molecule has 0 saturated carbocycles. The van der Waals surface area contributed by atoms with E-state index in [0.29, 0.717) is 11.1 Å². The van der Waals surface area contributed by atoms with Crippen molar-refractivity contribution in [2.75, 3.05) is 39.3 Å². The Labute approximate surface area is 126 Å². The summed E-state index contributed by atoms with van der Waals surface area (Å²) in [7, 11) is 0. The van der Waals surface area contributed by atoms with Gasteiger partial charge in [-0.2, -0.15) is 0 Å². The van der Waals surface area contributed by atoms with Gasteiger partial charge in [0.1, 0.15) is 6.61 Å². The molecule has 2 rings (SSSR count). The van der Waals surface area contributed by atoms with Crippen molar-refractivity contribution in [3.63, 3.8) is 0 Å². The Bertz CT molecular complexity index is 537. The number of aliphatic hydroxyl groups is 1. The number of nitrogens with zero attached hydrogens (tertiary/aromatic N) is 2. The quantitative estimate of drug-likeness (QED) is 0.849. The average molecular weight is 286 g/mol. The van der Waals surface area contributed by atoms with E-state index in [1.165, 1.54) is 0 Å². The highest BCUT2D eigenvalue weighted by Crippen LogP contribution is 2.13. The highest BCUT2D eigenvalue weighted by atomic mass is 16.2. The summed E-state index contributed by atoms with van der Waals surface area (Å²) in [6, 6.07) is 7.34. The maximum Gasteiger partial charge on any atom is 0.255 e. The van der Waals surface area contributed by atoms with E-state index < -0.39 is 0 Å². The zero-order valence-electron chi connectivity index (χ0n) is 12.5. The van der Waals surface area contributed by atoms with Crippen LogP contribution in [-0.2, 0) is 0 Å². The Morgan fingerprint density at radius 3 is 2.62 bits per heavy atom. The molecule has 0 bridgehead atoms. The fourth-order valence-corrected chi connectivity index (χ4v) is 2.57. The van der Waals surface area contributed by atoms with Crippen LogP contribution in [0, 0.1) is 11.8 Å². The van der Waals surface area contributed by atoms with Gasteiger partial charge in [-0.3, -0.25) is 9.69 Å². The average Bonchev–Trinajstić information content (AvgIpc) is 2.53. The fourth-order valence-electron chi connectivity index (χ4n) is 2.57. The van der Waals surface area contributed by atoms with Crippen LogP contribution in [-0.4, -0.2) is 60.1 Å². The van der Waals surface area contributed by atoms with Crippen LogP contribution in [0.1, 0.15) is 29.3 Å². The molecule has 1 aromatic carbocycles. The third kappa shape index (κ3) is 4.07. The van der Waals surface area contributed by atoms with E-state index in [-0.39, 0.29) is 12.5 Å². The second-order valence-corrected chi connectivity index (χ2v) is 5.14. The molecular weight excluding hydrogens is 264 g/mol.